The number of nitrogens with one attached hydrogen (secondary N) is 1. The summed E-state index contributed by atoms with van der Waals surface area (Å²) < 4.78 is 11.2. The van der Waals surface area contributed by atoms with Gasteiger partial charge in [-0.1, -0.05) is 55.5 Å². The van der Waals surface area contributed by atoms with Crippen LogP contribution in [0.25, 0.3) is 0 Å². The lowest BCUT2D eigenvalue weighted by molar-refractivity contribution is -0.122. The number of furan rings is 1. The molecule has 2 bridgehead atoms. The van der Waals surface area contributed by atoms with Crippen LogP contribution in [0.15, 0.2) is 94.4 Å². The standard InChI is InChI=1S/C34H29N3O5/c1-3-18-41-22-15-13-21(14-16-22)37-32(39)29-28-23-8-4-6-10-25(23)34(30(29)33(37)40,26-11-7-5-9-24(26)28)19-35-36-31(38)27-17-12-20(2)42-27/h4-17,19,28-30H,3,18H2,1-2H3,(H,36,38)/b35-19-/t28?,29-,30+,34?/m0/s1. The maximum atomic E-state index is 14.5. The van der Waals surface area contributed by atoms with Crippen LogP contribution in [-0.4, -0.2) is 30.5 Å². The third-order valence-corrected chi connectivity index (χ3v) is 8.65. The second kappa shape index (κ2) is 9.83. The van der Waals surface area contributed by atoms with Crippen LogP contribution in [-0.2, 0) is 15.0 Å². The first-order valence-corrected chi connectivity index (χ1v) is 14.2. The Balaban J connectivity index is 1.35. The number of carbonyl (C=O) groups is 3. The Morgan fingerprint density at radius 1 is 0.952 bits per heavy atom. The molecule has 8 nitrogen and oxygen atoms in total. The van der Waals surface area contributed by atoms with Gasteiger partial charge in [-0.3, -0.25) is 14.4 Å². The van der Waals surface area contributed by atoms with Crippen molar-refractivity contribution in [2.75, 3.05) is 11.5 Å². The van der Waals surface area contributed by atoms with Crippen molar-refractivity contribution in [1.82, 2.24) is 5.43 Å². The van der Waals surface area contributed by atoms with E-state index in [1.807, 2.05) is 55.5 Å². The first kappa shape index (κ1) is 26.0. The number of anilines is 1. The lowest BCUT2D eigenvalue weighted by Crippen LogP contribution is -2.54. The van der Waals surface area contributed by atoms with Crippen LogP contribution in [0.2, 0.25) is 0 Å². The number of imide groups is 1. The second-order valence-electron chi connectivity index (χ2n) is 11.0. The van der Waals surface area contributed by atoms with Gasteiger partial charge in [0, 0.05) is 12.1 Å². The summed E-state index contributed by atoms with van der Waals surface area (Å²) >= 11 is 0. The average molecular weight is 560 g/mol. The fraction of sp³-hybridized carbons (Fsp3) is 0.235. The number of hydrazone groups is 1. The molecule has 4 aliphatic rings. The van der Waals surface area contributed by atoms with Crippen LogP contribution >= 0.6 is 0 Å². The number of benzene rings is 3. The minimum absolute atomic E-state index is 0.137. The summed E-state index contributed by atoms with van der Waals surface area (Å²) in [5.74, 6) is -1.27. The number of nitrogens with zero attached hydrogens (tertiary/aromatic N) is 2. The van der Waals surface area contributed by atoms with Gasteiger partial charge in [-0.05, 0) is 72.0 Å². The normalized spacial score (nSPS) is 23.6. The minimum atomic E-state index is -1.08. The van der Waals surface area contributed by atoms with Crippen molar-refractivity contribution in [2.45, 2.75) is 31.6 Å². The molecule has 1 aliphatic heterocycles. The summed E-state index contributed by atoms with van der Waals surface area (Å²) in [7, 11) is 0. The van der Waals surface area contributed by atoms with Crippen molar-refractivity contribution in [3.63, 3.8) is 0 Å². The predicted octanol–water partition coefficient (Wildman–Crippen LogP) is 5.34. The molecule has 42 heavy (non-hydrogen) atoms. The molecule has 2 atom stereocenters. The van der Waals surface area contributed by atoms with E-state index in [0.29, 0.717) is 23.8 Å². The largest absolute Gasteiger partial charge is 0.494 e. The number of carbonyl (C=O) groups excluding carboxylic acids is 3. The molecule has 0 unspecified atom stereocenters. The summed E-state index contributed by atoms with van der Waals surface area (Å²) in [6, 6.07) is 26.2. The van der Waals surface area contributed by atoms with Gasteiger partial charge in [0.05, 0.1) is 29.5 Å². The first-order chi connectivity index (χ1) is 20.5. The maximum absolute atomic E-state index is 14.5. The van der Waals surface area contributed by atoms with E-state index in [2.05, 4.69) is 10.5 Å². The molecular formula is C34H29N3O5. The molecule has 8 heteroatoms. The third kappa shape index (κ3) is 3.67. The van der Waals surface area contributed by atoms with Crippen molar-refractivity contribution < 1.29 is 23.5 Å². The van der Waals surface area contributed by atoms with E-state index in [9.17, 15) is 14.4 Å². The highest BCUT2D eigenvalue weighted by atomic mass is 16.5. The molecule has 1 aromatic heterocycles. The fourth-order valence-electron chi connectivity index (χ4n) is 7.02. The van der Waals surface area contributed by atoms with Crippen LogP contribution in [0.4, 0.5) is 5.69 Å². The molecule has 210 valence electrons. The quantitative estimate of drug-likeness (QED) is 0.187. The summed E-state index contributed by atoms with van der Waals surface area (Å²) in [4.78, 5) is 42.9. The van der Waals surface area contributed by atoms with Gasteiger partial charge in [0.25, 0.3) is 0 Å². The molecule has 3 amide bonds. The molecule has 4 aromatic rings. The van der Waals surface area contributed by atoms with E-state index in [1.54, 1.807) is 49.5 Å². The van der Waals surface area contributed by atoms with Crippen molar-refractivity contribution in [3.05, 3.63) is 119 Å². The monoisotopic (exact) mass is 559 g/mol. The van der Waals surface area contributed by atoms with Gasteiger partial charge < -0.3 is 9.15 Å². The van der Waals surface area contributed by atoms with Crippen molar-refractivity contribution >= 4 is 29.6 Å². The zero-order valence-electron chi connectivity index (χ0n) is 23.2. The molecule has 0 spiro atoms. The Morgan fingerprint density at radius 2 is 1.62 bits per heavy atom. The predicted molar refractivity (Wildman–Crippen MR) is 157 cm³/mol. The third-order valence-electron chi connectivity index (χ3n) is 8.65. The molecule has 8 rings (SSSR count). The summed E-state index contributed by atoms with van der Waals surface area (Å²) in [5, 5.41) is 4.42. The zero-order valence-corrected chi connectivity index (χ0v) is 23.2. The fourth-order valence-corrected chi connectivity index (χ4v) is 7.02. The summed E-state index contributed by atoms with van der Waals surface area (Å²) in [6.45, 7) is 4.37. The highest BCUT2D eigenvalue weighted by molar-refractivity contribution is 6.25. The van der Waals surface area contributed by atoms with Gasteiger partial charge in [0.15, 0.2) is 5.76 Å². The number of hydrogen-bond donors (Lipinski definition) is 1. The van der Waals surface area contributed by atoms with Gasteiger partial charge in [-0.15, -0.1) is 0 Å². The van der Waals surface area contributed by atoms with Crippen LogP contribution in [0.5, 0.6) is 5.75 Å². The van der Waals surface area contributed by atoms with Crippen molar-refractivity contribution in [3.8, 4) is 5.75 Å². The molecule has 1 saturated heterocycles. The first-order valence-electron chi connectivity index (χ1n) is 14.2. The Kier molecular flexibility index (Phi) is 6.08. The van der Waals surface area contributed by atoms with Crippen LogP contribution in [0.3, 0.4) is 0 Å². The van der Waals surface area contributed by atoms with E-state index in [4.69, 9.17) is 9.15 Å². The second-order valence-corrected chi connectivity index (χ2v) is 11.0. The molecule has 2 heterocycles. The Bertz CT molecular complexity index is 1710. The highest BCUT2D eigenvalue weighted by Gasteiger charge is 2.68. The number of hydrogen-bond acceptors (Lipinski definition) is 6. The number of amides is 3. The summed E-state index contributed by atoms with van der Waals surface area (Å²) in [6.07, 6.45) is 2.52. The van der Waals surface area contributed by atoms with E-state index < -0.39 is 23.2 Å². The van der Waals surface area contributed by atoms with E-state index in [1.165, 1.54) is 4.90 Å². The van der Waals surface area contributed by atoms with Gasteiger partial charge >= 0.3 is 5.91 Å². The molecular weight excluding hydrogens is 530 g/mol. The van der Waals surface area contributed by atoms with Gasteiger partial charge in [0.1, 0.15) is 11.5 Å². The van der Waals surface area contributed by atoms with Crippen LogP contribution in [0, 0.1) is 18.8 Å². The molecule has 0 saturated carbocycles. The van der Waals surface area contributed by atoms with Crippen LogP contribution < -0.4 is 15.1 Å². The summed E-state index contributed by atoms with van der Waals surface area (Å²) in [5.41, 5.74) is 5.81. The molecule has 1 fully saturated rings. The lowest BCUT2D eigenvalue weighted by atomic mass is 9.47. The minimum Gasteiger partial charge on any atom is -0.494 e. The SMILES string of the molecule is CCCOc1ccc(N2C(=O)[C@H]3C4c5ccccc5C(/C=N\NC(=O)c5ccc(C)o5)(c5ccccc54)[C@H]3C2=O)cc1. The van der Waals surface area contributed by atoms with Gasteiger partial charge in [0.2, 0.25) is 11.8 Å². The number of ether oxygens (including phenoxy) is 1. The molecule has 3 aliphatic carbocycles. The average Bonchev–Trinajstić information content (AvgIpc) is 3.57. The highest BCUT2D eigenvalue weighted by Crippen LogP contribution is 2.63. The topological polar surface area (TPSA) is 101 Å². The van der Waals surface area contributed by atoms with Gasteiger partial charge in [-0.25, -0.2) is 10.3 Å². The number of aryl methyl sites for hydroxylation is 1. The molecule has 3 aromatic carbocycles. The Labute approximate surface area is 243 Å². The van der Waals surface area contributed by atoms with Gasteiger partial charge in [-0.2, -0.15) is 5.10 Å². The van der Waals surface area contributed by atoms with Crippen molar-refractivity contribution in [2.24, 2.45) is 16.9 Å². The van der Waals surface area contributed by atoms with E-state index in [-0.39, 0.29) is 23.5 Å². The lowest BCUT2D eigenvalue weighted by Gasteiger charge is -2.52. The molecule has 1 N–H and O–H groups in total. The smallest absolute Gasteiger partial charge is 0.307 e. The Hall–Kier alpha value is -4.98. The van der Waals surface area contributed by atoms with Crippen LogP contribution in [0.1, 0.15) is 57.8 Å². The van der Waals surface area contributed by atoms with E-state index >= 15 is 0 Å². The number of rotatable bonds is 7. The maximum Gasteiger partial charge on any atom is 0.307 e. The van der Waals surface area contributed by atoms with Crippen molar-refractivity contribution in [1.29, 1.82) is 0 Å². The van der Waals surface area contributed by atoms with E-state index in [0.717, 1.165) is 28.7 Å². The Morgan fingerprint density at radius 3 is 2.24 bits per heavy atom. The molecule has 0 radical (unpaired) electrons. The zero-order chi connectivity index (χ0) is 29.0.